The number of rotatable bonds is 4. The average molecular weight is 229 g/mol. The van der Waals surface area contributed by atoms with Crippen LogP contribution in [0.3, 0.4) is 0 Å². The lowest BCUT2D eigenvalue weighted by Gasteiger charge is -2.20. The molecule has 3 nitrogen and oxygen atoms in total. The van der Waals surface area contributed by atoms with Crippen LogP contribution in [0.2, 0.25) is 5.02 Å². The predicted octanol–water partition coefficient (Wildman–Crippen LogP) is 2.06. The third-order valence-electron chi connectivity index (χ3n) is 2.09. The Hall–Kier alpha value is -1.06. The fourth-order valence-electron chi connectivity index (χ4n) is 0.856. The van der Waals surface area contributed by atoms with Gasteiger partial charge in [-0.15, -0.1) is 0 Å². The minimum Gasteiger partial charge on any atom is -0.490 e. The van der Waals surface area contributed by atoms with Crippen molar-refractivity contribution < 1.29 is 14.6 Å². The molecular formula is C11H13ClO3. The summed E-state index contributed by atoms with van der Waals surface area (Å²) in [7, 11) is 0. The second kappa shape index (κ2) is 4.64. The van der Waals surface area contributed by atoms with E-state index in [1.54, 1.807) is 24.3 Å². The molecule has 1 rings (SSSR count). The minimum absolute atomic E-state index is 0.0655. The van der Waals surface area contributed by atoms with E-state index < -0.39 is 5.60 Å². The highest BCUT2D eigenvalue weighted by atomic mass is 35.5. The van der Waals surface area contributed by atoms with Gasteiger partial charge in [-0.2, -0.15) is 0 Å². The number of Topliss-reactive ketones (excluding diaryl/α,β-unsaturated/α-hetero) is 1. The van der Waals surface area contributed by atoms with E-state index in [2.05, 4.69) is 0 Å². The molecule has 0 radical (unpaired) electrons. The standard InChI is InChI=1S/C11H13ClO3/c1-8(13)11(2,14)7-15-10-5-3-9(12)4-6-10/h3-6,14H,7H2,1-2H3/t11-/m0/s1. The number of carbonyl (C=O) groups is 1. The summed E-state index contributed by atoms with van der Waals surface area (Å²) in [4.78, 5) is 11.0. The first-order chi connectivity index (χ1) is 6.92. The van der Waals surface area contributed by atoms with Gasteiger partial charge >= 0.3 is 0 Å². The van der Waals surface area contributed by atoms with E-state index in [1.165, 1.54) is 13.8 Å². The van der Waals surface area contributed by atoms with Crippen molar-refractivity contribution in [2.24, 2.45) is 0 Å². The van der Waals surface area contributed by atoms with Crippen molar-refractivity contribution >= 4 is 17.4 Å². The second-order valence-corrected chi connectivity index (χ2v) is 4.01. The first-order valence-electron chi connectivity index (χ1n) is 4.53. The van der Waals surface area contributed by atoms with E-state index in [0.717, 1.165) is 0 Å². The molecule has 0 unspecified atom stereocenters. The number of ether oxygens (including phenoxy) is 1. The SMILES string of the molecule is CC(=O)[C@@](C)(O)COc1ccc(Cl)cc1. The summed E-state index contributed by atoms with van der Waals surface area (Å²) < 4.78 is 5.26. The van der Waals surface area contributed by atoms with E-state index in [1.807, 2.05) is 0 Å². The van der Waals surface area contributed by atoms with Crippen molar-refractivity contribution in [3.63, 3.8) is 0 Å². The predicted molar refractivity (Wildman–Crippen MR) is 58.3 cm³/mol. The number of hydrogen-bond acceptors (Lipinski definition) is 3. The molecular weight excluding hydrogens is 216 g/mol. The molecule has 15 heavy (non-hydrogen) atoms. The zero-order chi connectivity index (χ0) is 11.5. The summed E-state index contributed by atoms with van der Waals surface area (Å²) in [6.45, 7) is 2.68. The molecule has 4 heteroatoms. The molecule has 0 aromatic heterocycles. The molecule has 1 N–H and O–H groups in total. The number of halogens is 1. The molecule has 0 bridgehead atoms. The highest BCUT2D eigenvalue weighted by Crippen LogP contribution is 2.17. The topological polar surface area (TPSA) is 46.5 Å². The van der Waals surface area contributed by atoms with E-state index >= 15 is 0 Å². The molecule has 0 saturated carbocycles. The lowest BCUT2D eigenvalue weighted by molar-refractivity contribution is -0.136. The Morgan fingerprint density at radius 2 is 2.00 bits per heavy atom. The summed E-state index contributed by atoms with van der Waals surface area (Å²) in [5.41, 5.74) is -1.44. The molecule has 0 aliphatic carbocycles. The van der Waals surface area contributed by atoms with Gasteiger partial charge in [-0.1, -0.05) is 11.6 Å². The molecule has 82 valence electrons. The van der Waals surface area contributed by atoms with Crippen LogP contribution in [-0.2, 0) is 4.79 Å². The summed E-state index contributed by atoms with van der Waals surface area (Å²) in [6, 6.07) is 6.72. The van der Waals surface area contributed by atoms with Crippen LogP contribution in [0.1, 0.15) is 13.8 Å². The maximum absolute atomic E-state index is 11.0. The van der Waals surface area contributed by atoms with Crippen molar-refractivity contribution in [2.75, 3.05) is 6.61 Å². The van der Waals surface area contributed by atoms with Gasteiger partial charge < -0.3 is 9.84 Å². The van der Waals surface area contributed by atoms with Crippen molar-refractivity contribution in [3.8, 4) is 5.75 Å². The monoisotopic (exact) mass is 228 g/mol. The molecule has 0 aliphatic heterocycles. The Balaban J connectivity index is 2.57. The van der Waals surface area contributed by atoms with Crippen LogP contribution in [0, 0.1) is 0 Å². The fraction of sp³-hybridized carbons (Fsp3) is 0.364. The molecule has 0 saturated heterocycles. The van der Waals surface area contributed by atoms with E-state index in [0.29, 0.717) is 10.8 Å². The highest BCUT2D eigenvalue weighted by molar-refractivity contribution is 6.30. The quantitative estimate of drug-likeness (QED) is 0.858. The Labute approximate surface area is 93.6 Å². The third-order valence-corrected chi connectivity index (χ3v) is 2.34. The molecule has 0 aliphatic rings. The lowest BCUT2D eigenvalue weighted by Crippen LogP contribution is -2.39. The molecule has 0 heterocycles. The zero-order valence-electron chi connectivity index (χ0n) is 8.66. The van der Waals surface area contributed by atoms with Crippen LogP contribution in [0.5, 0.6) is 5.75 Å². The molecule has 0 spiro atoms. The van der Waals surface area contributed by atoms with Crippen LogP contribution in [0.25, 0.3) is 0 Å². The van der Waals surface area contributed by atoms with E-state index in [4.69, 9.17) is 16.3 Å². The first-order valence-corrected chi connectivity index (χ1v) is 4.91. The Morgan fingerprint density at radius 3 is 2.47 bits per heavy atom. The normalized spacial score (nSPS) is 14.4. The van der Waals surface area contributed by atoms with Gasteiger partial charge in [0.05, 0.1) is 0 Å². The Bertz CT molecular complexity index is 343. The van der Waals surface area contributed by atoms with Crippen molar-refractivity contribution in [1.82, 2.24) is 0 Å². The zero-order valence-corrected chi connectivity index (χ0v) is 9.41. The smallest absolute Gasteiger partial charge is 0.164 e. The largest absolute Gasteiger partial charge is 0.490 e. The number of hydrogen-bond donors (Lipinski definition) is 1. The molecule has 1 aromatic rings. The molecule has 0 amide bonds. The van der Waals surface area contributed by atoms with E-state index in [-0.39, 0.29) is 12.4 Å². The maximum atomic E-state index is 11.0. The third kappa shape index (κ3) is 3.53. The number of benzene rings is 1. The van der Waals surface area contributed by atoms with Crippen LogP contribution in [-0.4, -0.2) is 23.1 Å². The molecule has 0 fully saturated rings. The van der Waals surface area contributed by atoms with Gasteiger partial charge in [0.2, 0.25) is 0 Å². The molecule has 1 aromatic carbocycles. The van der Waals surface area contributed by atoms with Gasteiger partial charge in [-0.05, 0) is 38.1 Å². The van der Waals surface area contributed by atoms with Gasteiger partial charge in [0.1, 0.15) is 12.4 Å². The summed E-state index contributed by atoms with van der Waals surface area (Å²) in [6.07, 6.45) is 0. The summed E-state index contributed by atoms with van der Waals surface area (Å²) in [5, 5.41) is 10.2. The van der Waals surface area contributed by atoms with Crippen LogP contribution in [0.4, 0.5) is 0 Å². The van der Waals surface area contributed by atoms with Crippen molar-refractivity contribution in [2.45, 2.75) is 19.4 Å². The number of aliphatic hydroxyl groups is 1. The Morgan fingerprint density at radius 1 is 1.47 bits per heavy atom. The minimum atomic E-state index is -1.44. The maximum Gasteiger partial charge on any atom is 0.164 e. The second-order valence-electron chi connectivity index (χ2n) is 3.57. The number of ketones is 1. The van der Waals surface area contributed by atoms with Crippen molar-refractivity contribution in [3.05, 3.63) is 29.3 Å². The van der Waals surface area contributed by atoms with Crippen LogP contribution >= 0.6 is 11.6 Å². The van der Waals surface area contributed by atoms with Gasteiger partial charge in [-0.3, -0.25) is 4.79 Å². The lowest BCUT2D eigenvalue weighted by atomic mass is 10.0. The molecule has 1 atom stereocenters. The van der Waals surface area contributed by atoms with Crippen molar-refractivity contribution in [1.29, 1.82) is 0 Å². The first kappa shape index (κ1) is 12.0. The number of carbonyl (C=O) groups excluding carboxylic acids is 1. The van der Waals surface area contributed by atoms with Gasteiger partial charge in [0.25, 0.3) is 0 Å². The fourth-order valence-corrected chi connectivity index (χ4v) is 0.982. The summed E-state index contributed by atoms with van der Waals surface area (Å²) >= 11 is 5.69. The van der Waals surface area contributed by atoms with Gasteiger partial charge in [0, 0.05) is 5.02 Å². The average Bonchev–Trinajstić information content (AvgIpc) is 2.17. The highest BCUT2D eigenvalue weighted by Gasteiger charge is 2.27. The van der Waals surface area contributed by atoms with Crippen LogP contribution in [0.15, 0.2) is 24.3 Å². The summed E-state index contributed by atoms with van der Waals surface area (Å²) in [5.74, 6) is 0.248. The van der Waals surface area contributed by atoms with E-state index in [9.17, 15) is 9.90 Å². The van der Waals surface area contributed by atoms with Crippen LogP contribution < -0.4 is 4.74 Å². The van der Waals surface area contributed by atoms with Gasteiger partial charge in [0.15, 0.2) is 11.4 Å². The Kier molecular flexibility index (Phi) is 3.72. The van der Waals surface area contributed by atoms with Gasteiger partial charge in [-0.25, -0.2) is 0 Å².